The molecule has 5 rings (SSSR count). The highest BCUT2D eigenvalue weighted by molar-refractivity contribution is 7.22. The monoisotopic (exact) mass is 560 g/mol. The van der Waals surface area contributed by atoms with Crippen LogP contribution in [0, 0.1) is 18.7 Å². The molecule has 1 N–H and O–H groups in total. The molecule has 40 heavy (non-hydrogen) atoms. The number of aliphatic hydroxyl groups is 1. The number of rotatable bonds is 8. The van der Waals surface area contributed by atoms with Gasteiger partial charge in [0.15, 0.2) is 16.6 Å². The van der Waals surface area contributed by atoms with Crippen LogP contribution in [0.2, 0.25) is 0 Å². The lowest BCUT2D eigenvalue weighted by atomic mass is 9.95. The second kappa shape index (κ2) is 11.1. The van der Waals surface area contributed by atoms with Crippen molar-refractivity contribution in [2.45, 2.75) is 33.2 Å². The van der Waals surface area contributed by atoms with E-state index in [-0.39, 0.29) is 11.1 Å². The van der Waals surface area contributed by atoms with Crippen molar-refractivity contribution >= 4 is 44.1 Å². The Hall–Kier alpha value is -4.24. The molecule has 1 aromatic heterocycles. The van der Waals surface area contributed by atoms with Gasteiger partial charge < -0.3 is 14.6 Å². The van der Waals surface area contributed by atoms with Gasteiger partial charge in [0.2, 0.25) is 0 Å². The molecule has 0 aliphatic carbocycles. The van der Waals surface area contributed by atoms with Gasteiger partial charge in [-0.3, -0.25) is 14.5 Å². The third kappa shape index (κ3) is 5.16. The van der Waals surface area contributed by atoms with Crippen LogP contribution in [0.4, 0.5) is 9.52 Å². The minimum Gasteiger partial charge on any atom is -0.507 e. The third-order valence-electron chi connectivity index (χ3n) is 6.76. The Labute approximate surface area is 235 Å². The molecule has 1 fully saturated rings. The normalized spacial score (nSPS) is 16.8. The summed E-state index contributed by atoms with van der Waals surface area (Å²) < 4.78 is 26.0. The molecule has 1 saturated heterocycles. The number of carbonyl (C=O) groups is 2. The first kappa shape index (κ1) is 27.3. The van der Waals surface area contributed by atoms with Crippen molar-refractivity contribution in [2.24, 2.45) is 5.92 Å². The lowest BCUT2D eigenvalue weighted by Crippen LogP contribution is -2.29. The van der Waals surface area contributed by atoms with Gasteiger partial charge in [0.05, 0.1) is 35.5 Å². The Balaban J connectivity index is 1.66. The van der Waals surface area contributed by atoms with Gasteiger partial charge in [0.25, 0.3) is 5.78 Å². The van der Waals surface area contributed by atoms with E-state index < -0.39 is 29.3 Å². The number of fused-ring (bicyclic) bond motifs is 1. The molecule has 206 valence electrons. The number of hydrogen-bond donors (Lipinski definition) is 1. The minimum absolute atomic E-state index is 0.123. The van der Waals surface area contributed by atoms with Gasteiger partial charge in [-0.2, -0.15) is 0 Å². The first-order valence-corrected chi connectivity index (χ1v) is 13.7. The highest BCUT2D eigenvalue weighted by Crippen LogP contribution is 2.46. The van der Waals surface area contributed by atoms with E-state index in [9.17, 15) is 19.1 Å². The lowest BCUT2D eigenvalue weighted by molar-refractivity contribution is -0.132. The third-order valence-corrected chi connectivity index (χ3v) is 7.77. The Kier molecular flexibility index (Phi) is 7.58. The molecule has 0 spiro atoms. The van der Waals surface area contributed by atoms with Crippen molar-refractivity contribution in [1.29, 1.82) is 0 Å². The molecule has 1 unspecified atom stereocenters. The molecule has 4 aromatic rings. The van der Waals surface area contributed by atoms with Crippen molar-refractivity contribution in [3.8, 4) is 11.5 Å². The van der Waals surface area contributed by atoms with E-state index in [1.165, 1.54) is 47.6 Å². The van der Waals surface area contributed by atoms with Crippen LogP contribution in [-0.2, 0) is 9.59 Å². The summed E-state index contributed by atoms with van der Waals surface area (Å²) in [4.78, 5) is 33.0. The zero-order chi connectivity index (χ0) is 28.6. The summed E-state index contributed by atoms with van der Waals surface area (Å²) in [5, 5.41) is 11.6. The van der Waals surface area contributed by atoms with Gasteiger partial charge >= 0.3 is 5.91 Å². The number of nitrogens with zero attached hydrogens (tertiary/aromatic N) is 2. The number of aliphatic hydroxyl groups excluding tert-OH is 1. The van der Waals surface area contributed by atoms with Crippen LogP contribution in [0.5, 0.6) is 11.5 Å². The van der Waals surface area contributed by atoms with Crippen molar-refractivity contribution in [2.75, 3.05) is 18.6 Å². The fourth-order valence-corrected chi connectivity index (χ4v) is 5.70. The highest BCUT2D eigenvalue weighted by Gasteiger charge is 2.48. The summed E-state index contributed by atoms with van der Waals surface area (Å²) in [5.41, 5.74) is 2.34. The fraction of sp³-hybridized carbons (Fsp3) is 0.258. The van der Waals surface area contributed by atoms with Crippen LogP contribution in [0.3, 0.4) is 0 Å². The SMILES string of the molecule is COc1cc(C2C(=C(O)c3ccc(F)cc3)C(=O)C(=O)N2c2nc3ccc(C)cc3s2)ccc1OCCC(C)C. The quantitative estimate of drug-likeness (QED) is 0.145. The Bertz CT molecular complexity index is 1630. The topological polar surface area (TPSA) is 89.0 Å². The van der Waals surface area contributed by atoms with Gasteiger partial charge in [-0.1, -0.05) is 37.3 Å². The lowest BCUT2D eigenvalue weighted by Gasteiger charge is -2.24. The average Bonchev–Trinajstić information content (AvgIpc) is 3.46. The highest BCUT2D eigenvalue weighted by atomic mass is 32.1. The number of ketones is 1. The molecule has 1 aliphatic rings. The fourth-order valence-electron chi connectivity index (χ4n) is 4.61. The molecule has 2 heterocycles. The minimum atomic E-state index is -1.01. The van der Waals surface area contributed by atoms with E-state index in [1.807, 2.05) is 25.1 Å². The number of thiazole rings is 1. The van der Waals surface area contributed by atoms with Crippen molar-refractivity contribution in [3.63, 3.8) is 0 Å². The van der Waals surface area contributed by atoms with Crippen molar-refractivity contribution in [1.82, 2.24) is 4.98 Å². The maximum absolute atomic E-state index is 13.6. The maximum atomic E-state index is 13.6. The molecule has 9 heteroatoms. The standard InChI is InChI=1S/C31H29FN2O5S/c1-17(2)13-14-39-23-12-8-20(16-24(23)38-4)27-26(28(35)19-6-9-21(32)10-7-19)29(36)30(37)34(27)31-33-22-11-5-18(3)15-25(22)40-31/h5-12,15-17,27,35H,13-14H2,1-4H3. The van der Waals surface area contributed by atoms with E-state index in [2.05, 4.69) is 18.8 Å². The van der Waals surface area contributed by atoms with E-state index in [0.29, 0.717) is 40.2 Å². The van der Waals surface area contributed by atoms with Crippen LogP contribution in [0.1, 0.15) is 43.0 Å². The zero-order valence-electron chi connectivity index (χ0n) is 22.6. The summed E-state index contributed by atoms with van der Waals surface area (Å²) in [6.07, 6.45) is 0.861. The number of amides is 1. The van der Waals surface area contributed by atoms with E-state index >= 15 is 0 Å². The van der Waals surface area contributed by atoms with Crippen LogP contribution in [0.15, 0.2) is 66.2 Å². The first-order valence-electron chi connectivity index (χ1n) is 12.9. The number of anilines is 1. The number of hydrogen-bond acceptors (Lipinski definition) is 7. The van der Waals surface area contributed by atoms with Gasteiger partial charge in [0, 0.05) is 5.56 Å². The molecule has 7 nitrogen and oxygen atoms in total. The van der Waals surface area contributed by atoms with E-state index in [0.717, 1.165) is 16.7 Å². The first-order chi connectivity index (χ1) is 19.2. The molecular weight excluding hydrogens is 531 g/mol. The van der Waals surface area contributed by atoms with Gasteiger partial charge in [-0.25, -0.2) is 9.37 Å². The van der Waals surface area contributed by atoms with Crippen LogP contribution in [0.25, 0.3) is 16.0 Å². The van der Waals surface area contributed by atoms with Gasteiger partial charge in [0.1, 0.15) is 11.6 Å². The predicted octanol–water partition coefficient (Wildman–Crippen LogP) is 6.80. The summed E-state index contributed by atoms with van der Waals surface area (Å²) in [6, 6.07) is 15.0. The Morgan fingerprint density at radius 2 is 1.82 bits per heavy atom. The number of aryl methyl sites for hydroxylation is 1. The Morgan fingerprint density at radius 3 is 2.52 bits per heavy atom. The number of carbonyl (C=O) groups excluding carboxylic acids is 2. The van der Waals surface area contributed by atoms with Gasteiger partial charge in [-0.05, 0) is 78.9 Å². The maximum Gasteiger partial charge on any atom is 0.301 e. The second-order valence-corrected chi connectivity index (χ2v) is 11.1. The van der Waals surface area contributed by atoms with E-state index in [4.69, 9.17) is 9.47 Å². The molecule has 1 aliphatic heterocycles. The second-order valence-electron chi connectivity index (χ2n) is 10.1. The number of benzene rings is 3. The zero-order valence-corrected chi connectivity index (χ0v) is 23.4. The molecular formula is C31H29FN2O5S. The molecule has 1 atom stereocenters. The number of aromatic nitrogens is 1. The number of halogens is 1. The number of ether oxygens (including phenoxy) is 2. The molecule has 3 aromatic carbocycles. The van der Waals surface area contributed by atoms with Crippen molar-refractivity contribution < 1.29 is 28.6 Å². The average molecular weight is 561 g/mol. The molecule has 0 saturated carbocycles. The molecule has 0 bridgehead atoms. The predicted molar refractivity (Wildman–Crippen MR) is 153 cm³/mol. The summed E-state index contributed by atoms with van der Waals surface area (Å²) >= 11 is 1.28. The summed E-state index contributed by atoms with van der Waals surface area (Å²) in [6.45, 7) is 6.68. The largest absolute Gasteiger partial charge is 0.507 e. The molecule has 0 radical (unpaired) electrons. The smallest absolute Gasteiger partial charge is 0.301 e. The van der Waals surface area contributed by atoms with Crippen LogP contribution in [-0.4, -0.2) is 35.5 Å². The van der Waals surface area contributed by atoms with Gasteiger partial charge in [-0.15, -0.1) is 0 Å². The van der Waals surface area contributed by atoms with Crippen LogP contribution >= 0.6 is 11.3 Å². The number of Topliss-reactive ketones (excluding diaryl/α,β-unsaturated/α-hetero) is 1. The van der Waals surface area contributed by atoms with Crippen molar-refractivity contribution in [3.05, 3.63) is 88.7 Å². The Morgan fingerprint density at radius 1 is 1.07 bits per heavy atom. The van der Waals surface area contributed by atoms with Crippen LogP contribution < -0.4 is 14.4 Å². The molecule has 1 amide bonds. The summed E-state index contributed by atoms with van der Waals surface area (Å²) in [5.74, 6) is -1.16. The number of methoxy groups -OCH3 is 1. The summed E-state index contributed by atoms with van der Waals surface area (Å²) in [7, 11) is 1.51. The van der Waals surface area contributed by atoms with E-state index in [1.54, 1.807) is 18.2 Å².